The fourth-order valence-electron chi connectivity index (χ4n) is 2.88. The van der Waals surface area contributed by atoms with Crippen molar-refractivity contribution in [2.45, 2.75) is 45.1 Å². The molecular formula is C17H24N4OS. The molecule has 2 aromatic rings. The summed E-state index contributed by atoms with van der Waals surface area (Å²) in [4.78, 5) is 14.3. The summed E-state index contributed by atoms with van der Waals surface area (Å²) in [6, 6.07) is 2.17. The molecule has 3 heterocycles. The molecule has 3 rings (SSSR count). The lowest BCUT2D eigenvalue weighted by Gasteiger charge is -2.31. The van der Waals surface area contributed by atoms with Gasteiger partial charge in [0.2, 0.25) is 0 Å². The SMILES string of the molecule is CC(C)(C)n1cc(NC(=O)N2CCC(c3ccsc3)CC2)cn1. The fourth-order valence-corrected chi connectivity index (χ4v) is 3.62. The molecule has 0 saturated carbocycles. The molecule has 2 amide bonds. The largest absolute Gasteiger partial charge is 0.324 e. The zero-order chi connectivity index (χ0) is 16.4. The summed E-state index contributed by atoms with van der Waals surface area (Å²) in [6.07, 6.45) is 5.66. The van der Waals surface area contributed by atoms with Gasteiger partial charge in [-0.1, -0.05) is 0 Å². The molecule has 1 saturated heterocycles. The summed E-state index contributed by atoms with van der Waals surface area (Å²) in [5.41, 5.74) is 2.09. The summed E-state index contributed by atoms with van der Waals surface area (Å²) in [7, 11) is 0. The van der Waals surface area contributed by atoms with Crippen LogP contribution < -0.4 is 5.32 Å². The lowest BCUT2D eigenvalue weighted by molar-refractivity contribution is 0.194. The van der Waals surface area contributed by atoms with Gasteiger partial charge in [0.1, 0.15) is 0 Å². The molecule has 124 valence electrons. The number of piperidine rings is 1. The van der Waals surface area contributed by atoms with Crippen molar-refractivity contribution >= 4 is 23.1 Å². The maximum absolute atomic E-state index is 12.4. The number of carbonyl (C=O) groups excluding carboxylic acids is 1. The summed E-state index contributed by atoms with van der Waals surface area (Å²) in [6.45, 7) is 7.86. The van der Waals surface area contributed by atoms with Crippen molar-refractivity contribution < 1.29 is 4.79 Å². The Bertz CT molecular complexity index is 648. The van der Waals surface area contributed by atoms with E-state index in [2.05, 4.69) is 48.0 Å². The van der Waals surface area contributed by atoms with Gasteiger partial charge in [-0.2, -0.15) is 16.4 Å². The minimum absolute atomic E-state index is 0.0257. The van der Waals surface area contributed by atoms with Crippen LogP contribution in [0, 0.1) is 0 Å². The van der Waals surface area contributed by atoms with Gasteiger partial charge in [-0.05, 0) is 61.9 Å². The number of anilines is 1. The van der Waals surface area contributed by atoms with Crippen molar-refractivity contribution in [3.05, 3.63) is 34.8 Å². The van der Waals surface area contributed by atoms with E-state index >= 15 is 0 Å². The lowest BCUT2D eigenvalue weighted by Crippen LogP contribution is -2.40. The number of nitrogens with one attached hydrogen (secondary N) is 1. The van der Waals surface area contributed by atoms with Gasteiger partial charge in [-0.3, -0.25) is 4.68 Å². The van der Waals surface area contributed by atoms with Crippen LogP contribution in [0.3, 0.4) is 0 Å². The first kappa shape index (κ1) is 16.1. The van der Waals surface area contributed by atoms with E-state index in [9.17, 15) is 4.79 Å². The summed E-state index contributed by atoms with van der Waals surface area (Å²) >= 11 is 1.74. The van der Waals surface area contributed by atoms with E-state index in [1.165, 1.54) is 5.56 Å². The summed E-state index contributed by atoms with van der Waals surface area (Å²) in [5, 5.41) is 11.6. The molecule has 0 radical (unpaired) electrons. The first-order valence-electron chi connectivity index (χ1n) is 8.06. The van der Waals surface area contributed by atoms with Crippen LogP contribution in [0.5, 0.6) is 0 Å². The molecule has 0 atom stereocenters. The quantitative estimate of drug-likeness (QED) is 0.899. The third kappa shape index (κ3) is 3.75. The standard InChI is InChI=1S/C17H24N4OS/c1-17(2,3)21-11-15(10-18-21)19-16(22)20-7-4-13(5-8-20)14-6-9-23-12-14/h6,9-13H,4-5,7-8H2,1-3H3,(H,19,22). The minimum Gasteiger partial charge on any atom is -0.324 e. The maximum Gasteiger partial charge on any atom is 0.321 e. The second kappa shape index (κ2) is 6.35. The molecule has 1 aliphatic heterocycles. The number of hydrogen-bond acceptors (Lipinski definition) is 3. The Morgan fingerprint density at radius 1 is 1.35 bits per heavy atom. The number of rotatable bonds is 2. The Morgan fingerprint density at radius 3 is 2.65 bits per heavy atom. The van der Waals surface area contributed by atoms with E-state index in [1.54, 1.807) is 17.5 Å². The Morgan fingerprint density at radius 2 is 2.09 bits per heavy atom. The number of likely N-dealkylation sites (tertiary alicyclic amines) is 1. The molecule has 1 aliphatic rings. The number of hydrogen-bond donors (Lipinski definition) is 1. The van der Waals surface area contributed by atoms with Crippen molar-refractivity contribution in [1.29, 1.82) is 0 Å². The lowest BCUT2D eigenvalue weighted by atomic mass is 9.91. The van der Waals surface area contributed by atoms with Gasteiger partial charge in [0.15, 0.2) is 0 Å². The molecule has 0 aliphatic carbocycles. The first-order chi connectivity index (χ1) is 10.9. The second-order valence-electron chi connectivity index (χ2n) is 7.09. The van der Waals surface area contributed by atoms with Gasteiger partial charge < -0.3 is 10.2 Å². The highest BCUT2D eigenvalue weighted by Gasteiger charge is 2.24. The highest BCUT2D eigenvalue weighted by Crippen LogP contribution is 2.29. The molecule has 0 unspecified atom stereocenters. The van der Waals surface area contributed by atoms with Crippen molar-refractivity contribution in [3.8, 4) is 0 Å². The summed E-state index contributed by atoms with van der Waals surface area (Å²) < 4.78 is 1.87. The van der Waals surface area contributed by atoms with Crippen LogP contribution >= 0.6 is 11.3 Å². The van der Waals surface area contributed by atoms with E-state index in [-0.39, 0.29) is 11.6 Å². The number of nitrogens with zero attached hydrogens (tertiary/aromatic N) is 3. The molecule has 1 N–H and O–H groups in total. The molecule has 5 nitrogen and oxygen atoms in total. The highest BCUT2D eigenvalue weighted by atomic mass is 32.1. The zero-order valence-electron chi connectivity index (χ0n) is 14.0. The zero-order valence-corrected chi connectivity index (χ0v) is 14.8. The van der Waals surface area contributed by atoms with Gasteiger partial charge in [0, 0.05) is 19.3 Å². The number of carbonyl (C=O) groups is 1. The molecule has 0 aromatic carbocycles. The van der Waals surface area contributed by atoms with Gasteiger partial charge in [0.25, 0.3) is 0 Å². The number of thiophene rings is 1. The van der Waals surface area contributed by atoms with E-state index in [1.807, 2.05) is 15.8 Å². The highest BCUT2D eigenvalue weighted by molar-refractivity contribution is 7.07. The Labute approximate surface area is 141 Å². The molecule has 0 bridgehead atoms. The van der Waals surface area contributed by atoms with Crippen LogP contribution in [-0.4, -0.2) is 33.8 Å². The molecule has 0 spiro atoms. The summed E-state index contributed by atoms with van der Waals surface area (Å²) in [5.74, 6) is 0.592. The maximum atomic E-state index is 12.4. The van der Waals surface area contributed by atoms with Crippen LogP contribution in [0.1, 0.15) is 45.1 Å². The topological polar surface area (TPSA) is 50.2 Å². The third-order valence-electron chi connectivity index (χ3n) is 4.32. The van der Waals surface area contributed by atoms with E-state index in [0.717, 1.165) is 31.6 Å². The predicted molar refractivity (Wildman–Crippen MR) is 94.1 cm³/mol. The van der Waals surface area contributed by atoms with Crippen LogP contribution in [0.15, 0.2) is 29.2 Å². The van der Waals surface area contributed by atoms with Gasteiger partial charge >= 0.3 is 6.03 Å². The van der Waals surface area contributed by atoms with Crippen molar-refractivity contribution in [1.82, 2.24) is 14.7 Å². The van der Waals surface area contributed by atoms with Crippen LogP contribution in [0.25, 0.3) is 0 Å². The van der Waals surface area contributed by atoms with Gasteiger partial charge in [-0.15, -0.1) is 0 Å². The monoisotopic (exact) mass is 332 g/mol. The van der Waals surface area contributed by atoms with Crippen LogP contribution in [0.4, 0.5) is 10.5 Å². The van der Waals surface area contributed by atoms with E-state index in [0.29, 0.717) is 5.92 Å². The Kier molecular flexibility index (Phi) is 4.43. The molecule has 1 fully saturated rings. The number of urea groups is 1. The fraction of sp³-hybridized carbons (Fsp3) is 0.529. The van der Waals surface area contributed by atoms with E-state index in [4.69, 9.17) is 0 Å². The normalized spacial score (nSPS) is 16.6. The smallest absolute Gasteiger partial charge is 0.321 e. The average molecular weight is 332 g/mol. The molecule has 6 heteroatoms. The van der Waals surface area contributed by atoms with Crippen molar-refractivity contribution in [3.63, 3.8) is 0 Å². The first-order valence-corrected chi connectivity index (χ1v) is 9.01. The van der Waals surface area contributed by atoms with Gasteiger partial charge in [0.05, 0.1) is 17.4 Å². The second-order valence-corrected chi connectivity index (χ2v) is 7.87. The molecule has 23 heavy (non-hydrogen) atoms. The van der Waals surface area contributed by atoms with Crippen LogP contribution in [0.2, 0.25) is 0 Å². The van der Waals surface area contributed by atoms with Gasteiger partial charge in [-0.25, -0.2) is 4.79 Å². The third-order valence-corrected chi connectivity index (χ3v) is 5.02. The average Bonchev–Trinajstić information content (AvgIpc) is 3.18. The predicted octanol–water partition coefficient (Wildman–Crippen LogP) is 4.11. The van der Waals surface area contributed by atoms with E-state index < -0.39 is 0 Å². The molecular weight excluding hydrogens is 308 g/mol. The number of amides is 2. The van der Waals surface area contributed by atoms with Crippen molar-refractivity contribution in [2.24, 2.45) is 0 Å². The Balaban J connectivity index is 1.54. The minimum atomic E-state index is -0.0815. The molecule has 2 aromatic heterocycles. The number of aromatic nitrogens is 2. The van der Waals surface area contributed by atoms with Crippen LogP contribution in [-0.2, 0) is 5.54 Å². The Hall–Kier alpha value is -1.82. The van der Waals surface area contributed by atoms with Crippen molar-refractivity contribution in [2.75, 3.05) is 18.4 Å².